The van der Waals surface area contributed by atoms with Crippen molar-refractivity contribution in [2.45, 2.75) is 31.7 Å². The lowest BCUT2D eigenvalue weighted by Gasteiger charge is -2.24. The lowest BCUT2D eigenvalue weighted by Crippen LogP contribution is -2.23. The van der Waals surface area contributed by atoms with Crippen molar-refractivity contribution in [2.75, 3.05) is 30.8 Å². The van der Waals surface area contributed by atoms with Crippen LogP contribution >= 0.6 is 0 Å². The number of hydrogen-bond acceptors (Lipinski definition) is 7. The number of hydrogen-bond donors (Lipinski definition) is 1. The second-order valence-electron chi connectivity index (χ2n) is 9.43. The van der Waals surface area contributed by atoms with E-state index in [1.54, 1.807) is 6.20 Å². The average Bonchev–Trinajstić information content (AvgIpc) is 3.40. The van der Waals surface area contributed by atoms with Crippen molar-refractivity contribution in [1.29, 1.82) is 0 Å². The first-order chi connectivity index (χ1) is 20.2. The molecule has 1 atom stereocenters. The van der Waals surface area contributed by atoms with E-state index in [2.05, 4.69) is 19.8 Å². The zero-order valence-electron chi connectivity index (χ0n) is 22.4. The van der Waals surface area contributed by atoms with E-state index in [4.69, 9.17) is 14.2 Å². The van der Waals surface area contributed by atoms with E-state index >= 15 is 0 Å². The van der Waals surface area contributed by atoms with E-state index in [-0.39, 0.29) is 41.4 Å². The van der Waals surface area contributed by atoms with Gasteiger partial charge in [0.05, 0.1) is 25.0 Å². The molecular formula is C28H27F4N5O4S. The molecule has 0 spiro atoms. The summed E-state index contributed by atoms with van der Waals surface area (Å²) < 4.78 is 85.7. The molecule has 1 unspecified atom stereocenters. The normalized spacial score (nSPS) is 14.9. The maximum absolute atomic E-state index is 14.9. The highest BCUT2D eigenvalue weighted by molar-refractivity contribution is 7.86. The largest absolute Gasteiger partial charge is 0.480 e. The molecule has 4 heterocycles. The van der Waals surface area contributed by atoms with E-state index in [1.165, 1.54) is 31.5 Å². The lowest BCUT2D eigenvalue weighted by atomic mass is 10.1. The summed E-state index contributed by atoms with van der Waals surface area (Å²) in [4.78, 5) is 8.30. The Hall–Kier alpha value is -4.04. The Morgan fingerprint density at radius 2 is 1.86 bits per heavy atom. The molecule has 222 valence electrons. The Kier molecular flexibility index (Phi) is 9.02. The van der Waals surface area contributed by atoms with Crippen LogP contribution in [0.3, 0.4) is 0 Å². The Morgan fingerprint density at radius 3 is 2.57 bits per heavy atom. The van der Waals surface area contributed by atoms with Gasteiger partial charge in [-0.05, 0) is 25.0 Å². The highest BCUT2D eigenvalue weighted by Gasteiger charge is 2.31. The van der Waals surface area contributed by atoms with Gasteiger partial charge in [0.15, 0.2) is 0 Å². The quantitative estimate of drug-likeness (QED) is 0.231. The molecular weight excluding hydrogens is 578 g/mol. The molecule has 42 heavy (non-hydrogen) atoms. The topological polar surface area (TPSA) is 100 Å². The van der Waals surface area contributed by atoms with E-state index in [9.17, 15) is 21.8 Å². The van der Waals surface area contributed by atoms with Crippen molar-refractivity contribution >= 4 is 16.7 Å². The van der Waals surface area contributed by atoms with Crippen molar-refractivity contribution in [3.05, 3.63) is 72.3 Å². The molecule has 1 aromatic carbocycles. The maximum atomic E-state index is 14.9. The molecule has 1 aliphatic heterocycles. The number of halogens is 4. The van der Waals surface area contributed by atoms with Crippen molar-refractivity contribution in [2.24, 2.45) is 0 Å². The molecule has 1 aliphatic rings. The predicted molar refractivity (Wildman–Crippen MR) is 148 cm³/mol. The summed E-state index contributed by atoms with van der Waals surface area (Å²) in [6, 6.07) is 13.8. The van der Waals surface area contributed by atoms with Gasteiger partial charge < -0.3 is 14.2 Å². The molecule has 1 fully saturated rings. The van der Waals surface area contributed by atoms with Crippen LogP contribution in [0, 0.1) is 5.82 Å². The fourth-order valence-corrected chi connectivity index (χ4v) is 5.37. The second-order valence-corrected chi connectivity index (χ2v) is 10.6. The third kappa shape index (κ3) is 7.05. The van der Waals surface area contributed by atoms with Crippen molar-refractivity contribution in [1.82, 2.24) is 19.7 Å². The van der Waals surface area contributed by atoms with Crippen LogP contribution in [0.15, 0.2) is 60.9 Å². The van der Waals surface area contributed by atoms with Crippen LogP contribution in [-0.4, -0.2) is 56.2 Å². The number of pyridine rings is 2. The van der Waals surface area contributed by atoms with Crippen LogP contribution in [0.4, 0.5) is 23.2 Å². The first-order valence-electron chi connectivity index (χ1n) is 13.0. The number of benzene rings is 1. The first-order valence-corrected chi connectivity index (χ1v) is 14.3. The summed E-state index contributed by atoms with van der Waals surface area (Å²) in [6.45, 7) is 1.40. The van der Waals surface area contributed by atoms with Crippen LogP contribution in [0.2, 0.25) is 0 Å². The molecule has 0 aliphatic carbocycles. The summed E-state index contributed by atoms with van der Waals surface area (Å²) in [5.41, 5.74) is 2.53. The summed E-state index contributed by atoms with van der Waals surface area (Å²) in [5.74, 6) is -2.31. The van der Waals surface area contributed by atoms with E-state index in [1.807, 2.05) is 35.0 Å². The molecule has 0 saturated carbocycles. The molecule has 3 aromatic heterocycles. The molecule has 0 radical (unpaired) electrons. The Balaban J connectivity index is 1.40. The summed E-state index contributed by atoms with van der Waals surface area (Å²) in [6.07, 6.45) is 0.00552. The smallest absolute Gasteiger partial charge is 0.402 e. The summed E-state index contributed by atoms with van der Waals surface area (Å²) >= 11 is 0. The number of anilines is 1. The molecule has 9 nitrogen and oxygen atoms in total. The summed E-state index contributed by atoms with van der Waals surface area (Å²) in [5, 5.41) is 4.66. The van der Waals surface area contributed by atoms with E-state index in [0.717, 1.165) is 29.7 Å². The number of nitrogens with one attached hydrogen (secondary N) is 1. The molecule has 0 amide bonds. The second kappa shape index (κ2) is 12.9. The molecule has 1 N–H and O–H groups in total. The number of aromatic nitrogens is 4. The fraction of sp³-hybridized carbons (Fsp3) is 0.321. The Bertz CT molecular complexity index is 1550. The van der Waals surface area contributed by atoms with Crippen LogP contribution in [0.5, 0.6) is 11.8 Å². The van der Waals surface area contributed by atoms with Gasteiger partial charge in [-0.2, -0.15) is 18.3 Å². The standard InChI is InChI=1S/C28H27F4N5O4S/c1-39-27-23(36-42(38)17-28(30,31)32)13-19(14-33-27)25-22(29)7-8-24(35-25)41-16-20-15-34-37(21-9-11-40-12-10-21)26(20)18-5-3-2-4-6-18/h2-8,13-15,21,36H,9-12,16-17H2,1H3. The third-order valence-electron chi connectivity index (χ3n) is 6.49. The Labute approximate surface area is 241 Å². The highest BCUT2D eigenvalue weighted by atomic mass is 32.2. The number of nitrogens with zero attached hydrogens (tertiary/aromatic N) is 4. The molecule has 5 rings (SSSR count). The van der Waals surface area contributed by atoms with Gasteiger partial charge in [0.25, 0.3) is 0 Å². The van der Waals surface area contributed by atoms with Gasteiger partial charge in [-0.1, -0.05) is 30.3 Å². The minimum Gasteiger partial charge on any atom is -0.480 e. The van der Waals surface area contributed by atoms with Gasteiger partial charge in [-0.15, -0.1) is 0 Å². The van der Waals surface area contributed by atoms with E-state index < -0.39 is 28.7 Å². The zero-order valence-corrected chi connectivity index (χ0v) is 23.3. The van der Waals surface area contributed by atoms with Gasteiger partial charge in [-0.25, -0.2) is 18.6 Å². The minimum absolute atomic E-state index is 0.0929. The minimum atomic E-state index is -4.66. The van der Waals surface area contributed by atoms with Gasteiger partial charge in [0, 0.05) is 42.2 Å². The molecule has 14 heteroatoms. The predicted octanol–water partition coefficient (Wildman–Crippen LogP) is 5.72. The van der Waals surface area contributed by atoms with Crippen molar-refractivity contribution in [3.8, 4) is 34.3 Å². The van der Waals surface area contributed by atoms with Crippen LogP contribution in [-0.2, 0) is 22.3 Å². The van der Waals surface area contributed by atoms with Crippen molar-refractivity contribution in [3.63, 3.8) is 0 Å². The SMILES string of the molecule is COc1ncc(-c2nc(OCc3cnn(C4CCOCC4)c3-c3ccccc3)ccc2F)cc1NS(=O)CC(F)(F)F. The number of methoxy groups -OCH3 is 1. The van der Waals surface area contributed by atoms with Gasteiger partial charge in [0.1, 0.15) is 40.5 Å². The average molecular weight is 606 g/mol. The number of alkyl halides is 3. The van der Waals surface area contributed by atoms with Gasteiger partial charge in [0.2, 0.25) is 11.8 Å². The van der Waals surface area contributed by atoms with Crippen LogP contribution < -0.4 is 14.2 Å². The fourth-order valence-electron chi connectivity index (χ4n) is 4.61. The van der Waals surface area contributed by atoms with Crippen LogP contribution in [0.1, 0.15) is 24.4 Å². The van der Waals surface area contributed by atoms with Crippen LogP contribution in [0.25, 0.3) is 22.5 Å². The van der Waals surface area contributed by atoms with Gasteiger partial charge in [-0.3, -0.25) is 9.40 Å². The zero-order chi connectivity index (χ0) is 29.7. The van der Waals surface area contributed by atoms with E-state index in [0.29, 0.717) is 13.2 Å². The molecule has 0 bridgehead atoms. The number of rotatable bonds is 10. The highest BCUT2D eigenvalue weighted by Crippen LogP contribution is 2.33. The Morgan fingerprint density at radius 1 is 1.10 bits per heavy atom. The monoisotopic (exact) mass is 605 g/mol. The lowest BCUT2D eigenvalue weighted by molar-refractivity contribution is -0.105. The van der Waals surface area contributed by atoms with Gasteiger partial charge >= 0.3 is 6.18 Å². The van der Waals surface area contributed by atoms with Crippen molar-refractivity contribution < 1.29 is 36.0 Å². The summed E-state index contributed by atoms with van der Waals surface area (Å²) in [7, 11) is -1.27. The first kappa shape index (κ1) is 29.5. The maximum Gasteiger partial charge on any atom is 0.402 e. The number of ether oxygens (including phenoxy) is 3. The molecule has 1 saturated heterocycles. The molecule has 4 aromatic rings. The third-order valence-corrected chi connectivity index (χ3v) is 7.52.